The van der Waals surface area contributed by atoms with Gasteiger partial charge in [0.25, 0.3) is 0 Å². The number of pyridine rings is 1. The van der Waals surface area contributed by atoms with Crippen LogP contribution in [0.25, 0.3) is 11.2 Å². The molecule has 164 valence electrons. The van der Waals surface area contributed by atoms with Crippen LogP contribution in [0.1, 0.15) is 42.6 Å². The van der Waals surface area contributed by atoms with Crippen LogP contribution in [0, 0.1) is 12.8 Å². The molecule has 0 bridgehead atoms. The van der Waals surface area contributed by atoms with Crippen molar-refractivity contribution in [2.45, 2.75) is 45.6 Å². The molecule has 1 aromatic carbocycles. The number of rotatable bonds is 7. The molecule has 8 heteroatoms. The maximum absolute atomic E-state index is 12.4. The van der Waals surface area contributed by atoms with Crippen molar-refractivity contribution < 1.29 is 0 Å². The number of anilines is 3. The van der Waals surface area contributed by atoms with E-state index in [9.17, 15) is 4.79 Å². The summed E-state index contributed by atoms with van der Waals surface area (Å²) in [5.41, 5.74) is 9.89. The van der Waals surface area contributed by atoms with E-state index >= 15 is 0 Å². The number of nitrogen functional groups attached to an aromatic ring is 1. The lowest BCUT2D eigenvalue weighted by Crippen LogP contribution is -2.18. The van der Waals surface area contributed by atoms with Crippen LogP contribution in [0.2, 0.25) is 0 Å². The maximum Gasteiger partial charge on any atom is 0.328 e. The minimum atomic E-state index is -0.272. The fraction of sp³-hybridized carbons (Fsp3) is 0.333. The SMILES string of the molecule is Cc1nc(N)c2[nH]c(=O)n(Cc3ccc(Nc4ccc(CCC5CCC5)cc4)nc3)c2n1. The number of nitrogens with two attached hydrogens (primary N) is 1. The van der Waals surface area contributed by atoms with E-state index in [2.05, 4.69) is 49.5 Å². The van der Waals surface area contributed by atoms with Crippen LogP contribution in [0.3, 0.4) is 0 Å². The van der Waals surface area contributed by atoms with Gasteiger partial charge in [-0.15, -0.1) is 0 Å². The van der Waals surface area contributed by atoms with Crippen molar-refractivity contribution in [2.24, 2.45) is 5.92 Å². The van der Waals surface area contributed by atoms with Gasteiger partial charge in [-0.2, -0.15) is 0 Å². The van der Waals surface area contributed by atoms with Crippen LogP contribution in [0.4, 0.5) is 17.3 Å². The molecule has 0 saturated heterocycles. The summed E-state index contributed by atoms with van der Waals surface area (Å²) in [4.78, 5) is 28.1. The van der Waals surface area contributed by atoms with Gasteiger partial charge in [-0.3, -0.25) is 4.57 Å². The Morgan fingerprint density at radius 1 is 1.12 bits per heavy atom. The number of aromatic nitrogens is 5. The molecule has 4 aromatic rings. The lowest BCUT2D eigenvalue weighted by molar-refractivity contribution is 0.296. The standard InChI is InChI=1S/C24H27N7O/c1-15-27-22(25)21-23(28-15)31(24(32)30-21)14-18-9-12-20(26-13-18)29-19-10-7-17(8-11-19)6-5-16-3-2-4-16/h7-13,16H,2-6,14H2,1H3,(H,26,29)(H,30,32)(H2,25,27,28). The van der Waals surface area contributed by atoms with E-state index in [1.54, 1.807) is 17.7 Å². The van der Waals surface area contributed by atoms with E-state index in [0.29, 0.717) is 23.5 Å². The molecule has 1 aliphatic rings. The van der Waals surface area contributed by atoms with Crippen molar-refractivity contribution in [3.63, 3.8) is 0 Å². The summed E-state index contributed by atoms with van der Waals surface area (Å²) in [7, 11) is 0. The molecule has 5 rings (SSSR count). The summed E-state index contributed by atoms with van der Waals surface area (Å²) in [5, 5.41) is 3.34. The second kappa shape index (κ2) is 8.45. The van der Waals surface area contributed by atoms with Gasteiger partial charge in [0.1, 0.15) is 17.2 Å². The molecule has 1 fully saturated rings. The molecule has 0 amide bonds. The molecule has 1 saturated carbocycles. The number of nitrogens with one attached hydrogen (secondary N) is 2. The number of imidazole rings is 1. The Bertz CT molecular complexity index is 1290. The first-order valence-corrected chi connectivity index (χ1v) is 11.1. The minimum absolute atomic E-state index is 0.272. The summed E-state index contributed by atoms with van der Waals surface area (Å²) < 4.78 is 1.55. The van der Waals surface area contributed by atoms with E-state index in [0.717, 1.165) is 29.4 Å². The molecule has 0 atom stereocenters. The second-order valence-electron chi connectivity index (χ2n) is 8.58. The molecule has 1 aliphatic carbocycles. The van der Waals surface area contributed by atoms with Crippen LogP contribution in [-0.2, 0) is 13.0 Å². The van der Waals surface area contributed by atoms with E-state index in [1.807, 2.05) is 12.1 Å². The first kappa shape index (κ1) is 20.2. The number of nitrogens with zero attached hydrogens (tertiary/aromatic N) is 4. The Balaban J connectivity index is 1.25. The molecule has 3 heterocycles. The highest BCUT2D eigenvalue weighted by Gasteiger charge is 2.16. The van der Waals surface area contributed by atoms with Gasteiger partial charge in [0, 0.05) is 11.9 Å². The predicted octanol–water partition coefficient (Wildman–Crippen LogP) is 3.93. The van der Waals surface area contributed by atoms with E-state index in [-0.39, 0.29) is 11.5 Å². The highest BCUT2D eigenvalue weighted by atomic mass is 16.1. The third-order valence-electron chi connectivity index (χ3n) is 6.22. The van der Waals surface area contributed by atoms with Crippen molar-refractivity contribution in [2.75, 3.05) is 11.1 Å². The Kier molecular flexibility index (Phi) is 5.34. The van der Waals surface area contributed by atoms with Gasteiger partial charge in [-0.1, -0.05) is 37.5 Å². The number of hydrogen-bond donors (Lipinski definition) is 3. The van der Waals surface area contributed by atoms with Crippen molar-refractivity contribution >= 4 is 28.5 Å². The van der Waals surface area contributed by atoms with E-state index in [1.165, 1.54) is 31.2 Å². The topological polar surface area (TPSA) is 115 Å². The first-order valence-electron chi connectivity index (χ1n) is 11.1. The van der Waals surface area contributed by atoms with Gasteiger partial charge in [0.15, 0.2) is 11.5 Å². The molecule has 0 radical (unpaired) electrons. The van der Waals surface area contributed by atoms with Gasteiger partial charge in [0.05, 0.1) is 6.54 Å². The summed E-state index contributed by atoms with van der Waals surface area (Å²) in [6.07, 6.45) is 8.42. The normalized spacial score (nSPS) is 13.9. The predicted molar refractivity (Wildman–Crippen MR) is 126 cm³/mol. The van der Waals surface area contributed by atoms with Crippen LogP contribution in [0.15, 0.2) is 47.4 Å². The van der Waals surface area contributed by atoms with Gasteiger partial charge in [-0.25, -0.2) is 19.7 Å². The summed E-state index contributed by atoms with van der Waals surface area (Å²) in [6.45, 7) is 2.10. The zero-order valence-corrected chi connectivity index (χ0v) is 18.1. The van der Waals surface area contributed by atoms with Crippen LogP contribution in [0.5, 0.6) is 0 Å². The number of aromatic amines is 1. The smallest absolute Gasteiger partial charge is 0.328 e. The monoisotopic (exact) mass is 429 g/mol. The molecule has 0 unspecified atom stereocenters. The number of aryl methyl sites for hydroxylation is 2. The second-order valence-corrected chi connectivity index (χ2v) is 8.58. The van der Waals surface area contributed by atoms with Crippen molar-refractivity contribution in [1.29, 1.82) is 0 Å². The molecule has 4 N–H and O–H groups in total. The van der Waals surface area contributed by atoms with Gasteiger partial charge < -0.3 is 16.0 Å². The Morgan fingerprint density at radius 3 is 2.59 bits per heavy atom. The van der Waals surface area contributed by atoms with Crippen LogP contribution >= 0.6 is 0 Å². The number of benzene rings is 1. The minimum Gasteiger partial charge on any atom is -0.382 e. The molecule has 32 heavy (non-hydrogen) atoms. The third-order valence-corrected chi connectivity index (χ3v) is 6.22. The molecular formula is C24H27N7O. The highest BCUT2D eigenvalue weighted by Crippen LogP contribution is 2.30. The first-order chi connectivity index (χ1) is 15.5. The fourth-order valence-electron chi connectivity index (χ4n) is 4.14. The molecule has 3 aromatic heterocycles. The van der Waals surface area contributed by atoms with E-state index < -0.39 is 0 Å². The average Bonchev–Trinajstić information content (AvgIpc) is 3.05. The average molecular weight is 430 g/mol. The number of H-pyrrole nitrogens is 1. The largest absolute Gasteiger partial charge is 0.382 e. The van der Waals surface area contributed by atoms with Gasteiger partial charge >= 0.3 is 5.69 Å². The number of fused-ring (bicyclic) bond motifs is 1. The fourth-order valence-corrected chi connectivity index (χ4v) is 4.14. The molecule has 0 aliphatic heterocycles. The lowest BCUT2D eigenvalue weighted by Gasteiger charge is -2.25. The van der Waals surface area contributed by atoms with Crippen molar-refractivity contribution in [3.8, 4) is 0 Å². The molecule has 0 spiro atoms. The van der Waals surface area contributed by atoms with Gasteiger partial charge in [-0.05, 0) is 55.0 Å². The zero-order valence-electron chi connectivity index (χ0n) is 18.1. The number of hydrogen-bond acceptors (Lipinski definition) is 6. The quantitative estimate of drug-likeness (QED) is 0.410. The Hall–Kier alpha value is -3.68. The molecule has 8 nitrogen and oxygen atoms in total. The van der Waals surface area contributed by atoms with Crippen LogP contribution < -0.4 is 16.7 Å². The van der Waals surface area contributed by atoms with E-state index in [4.69, 9.17) is 5.73 Å². The Morgan fingerprint density at radius 2 is 1.91 bits per heavy atom. The zero-order chi connectivity index (χ0) is 22.1. The summed E-state index contributed by atoms with van der Waals surface area (Å²) >= 11 is 0. The lowest BCUT2D eigenvalue weighted by atomic mass is 9.81. The summed E-state index contributed by atoms with van der Waals surface area (Å²) in [5.74, 6) is 2.48. The summed E-state index contributed by atoms with van der Waals surface area (Å²) in [6, 6.07) is 12.4. The van der Waals surface area contributed by atoms with Crippen LogP contribution in [-0.4, -0.2) is 24.5 Å². The third kappa shape index (κ3) is 4.21. The molecular weight excluding hydrogens is 402 g/mol. The maximum atomic E-state index is 12.4. The van der Waals surface area contributed by atoms with Crippen molar-refractivity contribution in [3.05, 3.63) is 70.0 Å². The van der Waals surface area contributed by atoms with Crippen molar-refractivity contribution in [1.82, 2.24) is 24.5 Å². The Labute approximate surface area is 185 Å². The van der Waals surface area contributed by atoms with Gasteiger partial charge in [0.2, 0.25) is 0 Å². The highest BCUT2D eigenvalue weighted by molar-refractivity contribution is 5.81.